The summed E-state index contributed by atoms with van der Waals surface area (Å²) in [7, 11) is 0. The smallest absolute Gasteiger partial charge is 0.0622 e. The summed E-state index contributed by atoms with van der Waals surface area (Å²) in [4.78, 5) is 0. The lowest BCUT2D eigenvalue weighted by Gasteiger charge is -2.32. The van der Waals surface area contributed by atoms with Crippen LogP contribution in [0.5, 0.6) is 0 Å². The third kappa shape index (κ3) is 4.68. The standard InChI is InChI=1S/C69H40/c1-3-19-42(20-4-1)61-52-28-11-12-29-53(52)62(43-21-5-2-6-22-43)66-56-39-38-45(50-30-17-31-55(63(50)56)65(61)66)44-35-36-54-58(40-44)47-24-9-10-27-51(47)64-57-37-34-41-18-7-8-23-46(41)67(57)69(68(54)64)59-32-15-13-25-48(59)49-26-14-16-33-60(49)69/h1-40H. The molecule has 0 nitrogen and oxygen atoms in total. The van der Waals surface area contributed by atoms with Crippen LogP contribution in [0.2, 0.25) is 0 Å². The third-order valence-corrected chi connectivity index (χ3v) is 16.2. The fourth-order valence-electron chi connectivity index (χ4n) is 13.7. The largest absolute Gasteiger partial charge is 0.0737 e. The van der Waals surface area contributed by atoms with Crippen LogP contribution in [0.4, 0.5) is 0 Å². The molecule has 0 atom stereocenters. The minimum atomic E-state index is -0.507. The van der Waals surface area contributed by atoms with Crippen molar-refractivity contribution in [2.24, 2.45) is 0 Å². The highest BCUT2D eigenvalue weighted by molar-refractivity contribution is 6.29. The van der Waals surface area contributed by atoms with E-state index >= 15 is 0 Å². The quantitative estimate of drug-likeness (QED) is 0.155. The maximum atomic E-state index is 2.52. The molecular weight excluding hydrogens is 829 g/mol. The zero-order chi connectivity index (χ0) is 45.0. The fraction of sp³-hybridized carbons (Fsp3) is 0.0145. The Morgan fingerprint density at radius 1 is 0.217 bits per heavy atom. The molecule has 69 heavy (non-hydrogen) atoms. The Morgan fingerprint density at radius 2 is 0.710 bits per heavy atom. The summed E-state index contributed by atoms with van der Waals surface area (Å²) in [6.07, 6.45) is 0. The van der Waals surface area contributed by atoms with Gasteiger partial charge in [-0.3, -0.25) is 0 Å². The Morgan fingerprint density at radius 3 is 1.38 bits per heavy atom. The van der Waals surface area contributed by atoms with E-state index in [0.717, 1.165) is 0 Å². The van der Waals surface area contributed by atoms with Gasteiger partial charge in [0.25, 0.3) is 0 Å². The topological polar surface area (TPSA) is 0 Å². The van der Waals surface area contributed by atoms with Gasteiger partial charge in [-0.25, -0.2) is 0 Å². The first-order valence-electron chi connectivity index (χ1n) is 24.3. The predicted octanol–water partition coefficient (Wildman–Crippen LogP) is 18.4. The van der Waals surface area contributed by atoms with Crippen LogP contribution < -0.4 is 0 Å². The molecule has 13 aromatic carbocycles. The van der Waals surface area contributed by atoms with E-state index in [9.17, 15) is 0 Å². The molecule has 3 aliphatic carbocycles. The lowest BCUT2D eigenvalue weighted by molar-refractivity contribution is 0.809. The van der Waals surface area contributed by atoms with Crippen molar-refractivity contribution in [3.8, 4) is 77.9 Å². The summed E-state index contributed by atoms with van der Waals surface area (Å²) in [5.74, 6) is 0. The van der Waals surface area contributed by atoms with E-state index in [4.69, 9.17) is 0 Å². The first kappa shape index (κ1) is 37.3. The number of rotatable bonds is 3. The molecule has 0 heteroatoms. The van der Waals surface area contributed by atoms with Crippen molar-refractivity contribution in [3.05, 3.63) is 265 Å². The first-order chi connectivity index (χ1) is 34.3. The molecule has 0 saturated carbocycles. The molecule has 0 heterocycles. The van der Waals surface area contributed by atoms with Gasteiger partial charge in [0.1, 0.15) is 0 Å². The van der Waals surface area contributed by atoms with Crippen molar-refractivity contribution in [3.63, 3.8) is 0 Å². The zero-order valence-electron chi connectivity index (χ0n) is 37.6. The maximum absolute atomic E-state index is 2.52. The minimum Gasteiger partial charge on any atom is -0.0622 e. The van der Waals surface area contributed by atoms with E-state index in [-0.39, 0.29) is 0 Å². The van der Waals surface area contributed by atoms with Gasteiger partial charge in [0, 0.05) is 0 Å². The summed E-state index contributed by atoms with van der Waals surface area (Å²) >= 11 is 0. The Bertz CT molecular complexity index is 4260. The van der Waals surface area contributed by atoms with Gasteiger partial charge in [0.15, 0.2) is 0 Å². The fourth-order valence-corrected chi connectivity index (χ4v) is 13.7. The second-order valence-corrected chi connectivity index (χ2v) is 19.3. The molecule has 0 bridgehead atoms. The van der Waals surface area contributed by atoms with E-state index in [1.54, 1.807) is 0 Å². The maximum Gasteiger partial charge on any atom is 0.0737 e. The van der Waals surface area contributed by atoms with Crippen molar-refractivity contribution in [1.29, 1.82) is 0 Å². The van der Waals surface area contributed by atoms with Gasteiger partial charge < -0.3 is 0 Å². The lowest BCUT2D eigenvalue weighted by atomic mass is 9.68. The molecule has 0 saturated heterocycles. The summed E-state index contributed by atoms with van der Waals surface area (Å²) < 4.78 is 0. The minimum absolute atomic E-state index is 0.507. The van der Waals surface area contributed by atoms with Crippen LogP contribution in [0, 0.1) is 0 Å². The average molecular weight is 869 g/mol. The van der Waals surface area contributed by atoms with Gasteiger partial charge >= 0.3 is 0 Å². The molecule has 3 aliphatic rings. The average Bonchev–Trinajstić information content (AvgIpc) is 4.04. The van der Waals surface area contributed by atoms with Crippen molar-refractivity contribution in [1.82, 2.24) is 0 Å². The highest BCUT2D eigenvalue weighted by Gasteiger charge is 2.53. The van der Waals surface area contributed by atoms with Gasteiger partial charge in [-0.2, -0.15) is 0 Å². The summed E-state index contributed by atoms with van der Waals surface area (Å²) in [5, 5.41) is 12.9. The van der Waals surface area contributed by atoms with Gasteiger partial charge in [0.05, 0.1) is 5.41 Å². The van der Waals surface area contributed by atoms with Crippen molar-refractivity contribution >= 4 is 53.9 Å². The molecule has 316 valence electrons. The van der Waals surface area contributed by atoms with E-state index in [1.165, 1.54) is 154 Å². The van der Waals surface area contributed by atoms with Gasteiger partial charge in [-0.05, 0) is 160 Å². The number of hydrogen-bond donors (Lipinski definition) is 0. The van der Waals surface area contributed by atoms with Crippen molar-refractivity contribution in [2.75, 3.05) is 0 Å². The first-order valence-corrected chi connectivity index (χ1v) is 24.3. The van der Waals surface area contributed by atoms with Crippen molar-refractivity contribution < 1.29 is 0 Å². The van der Waals surface area contributed by atoms with Gasteiger partial charge in [-0.1, -0.05) is 237 Å². The molecule has 1 spiro atoms. The van der Waals surface area contributed by atoms with Crippen LogP contribution in [0.3, 0.4) is 0 Å². The van der Waals surface area contributed by atoms with E-state index in [0.29, 0.717) is 0 Å². The summed E-state index contributed by atoms with van der Waals surface area (Å²) in [6.45, 7) is 0. The Kier molecular flexibility index (Phi) is 7.36. The van der Waals surface area contributed by atoms with Gasteiger partial charge in [-0.15, -0.1) is 0 Å². The van der Waals surface area contributed by atoms with Crippen LogP contribution in [0.15, 0.2) is 243 Å². The number of fused-ring (bicyclic) bond motifs is 21. The Balaban J connectivity index is 1.000. The molecule has 0 aromatic heterocycles. The molecule has 0 N–H and O–H groups in total. The Labute approximate surface area is 400 Å². The third-order valence-electron chi connectivity index (χ3n) is 16.2. The molecule has 0 aliphatic heterocycles. The molecule has 0 unspecified atom stereocenters. The molecule has 13 aromatic rings. The van der Waals surface area contributed by atoms with Crippen molar-refractivity contribution in [2.45, 2.75) is 5.41 Å². The number of hydrogen-bond acceptors (Lipinski definition) is 0. The second-order valence-electron chi connectivity index (χ2n) is 19.3. The monoisotopic (exact) mass is 868 g/mol. The van der Waals surface area contributed by atoms with E-state index in [1.807, 2.05) is 0 Å². The van der Waals surface area contributed by atoms with E-state index < -0.39 is 5.41 Å². The second kappa shape index (κ2) is 13.6. The molecule has 16 rings (SSSR count). The van der Waals surface area contributed by atoms with Crippen LogP contribution in [0.25, 0.3) is 132 Å². The van der Waals surface area contributed by atoms with Crippen LogP contribution >= 0.6 is 0 Å². The highest BCUT2D eigenvalue weighted by Crippen LogP contribution is 2.67. The van der Waals surface area contributed by atoms with Crippen LogP contribution in [-0.2, 0) is 5.41 Å². The molecule has 0 radical (unpaired) electrons. The number of benzene rings is 13. The normalized spacial score (nSPS) is 13.3. The predicted molar refractivity (Wildman–Crippen MR) is 291 cm³/mol. The zero-order valence-corrected chi connectivity index (χ0v) is 37.6. The van der Waals surface area contributed by atoms with Crippen LogP contribution in [-0.4, -0.2) is 0 Å². The molecule has 0 amide bonds. The lowest BCUT2D eigenvalue weighted by Crippen LogP contribution is -2.26. The Hall–Kier alpha value is -8.84. The summed E-state index contributed by atoms with van der Waals surface area (Å²) in [6, 6.07) is 91.8. The highest BCUT2D eigenvalue weighted by atomic mass is 14.5. The van der Waals surface area contributed by atoms with Gasteiger partial charge in [0.2, 0.25) is 0 Å². The summed E-state index contributed by atoms with van der Waals surface area (Å²) in [5.41, 5.74) is 23.2. The van der Waals surface area contributed by atoms with E-state index in [2.05, 4.69) is 243 Å². The molecular formula is C69H40. The van der Waals surface area contributed by atoms with Crippen LogP contribution in [0.1, 0.15) is 22.3 Å². The SMILES string of the molecule is c1ccc(-c2c3c(c(-c4ccccc4)c4ccccc24)-c2ccc(-c4ccc5c6c(c7ccccc7c5c4)-c4ccc5ccccc5c4C64c5ccccc5-c5ccccc54)c4cccc-3c24)cc1. The molecule has 0 fully saturated rings.